The minimum Gasteiger partial charge on any atom is -0.299 e. The van der Waals surface area contributed by atoms with Crippen LogP contribution < -0.4 is 0 Å². The Hall–Kier alpha value is -1.36. The minimum absolute atomic E-state index is 0.0131. The molecular formula is C22H31IO2. The summed E-state index contributed by atoms with van der Waals surface area (Å²) in [5.74, 6) is 0.0131. The molecule has 0 bridgehead atoms. The summed E-state index contributed by atoms with van der Waals surface area (Å²) in [7, 11) is 0. The number of allylic oxidation sites excluding steroid dienone is 5. The summed E-state index contributed by atoms with van der Waals surface area (Å²) in [6.07, 6.45) is 7.89. The molecular weight excluding hydrogens is 423 g/mol. The number of aryl methyl sites for hydroxylation is 1. The lowest BCUT2D eigenvalue weighted by molar-refractivity contribution is -0.116. The molecule has 0 unspecified atom stereocenters. The summed E-state index contributed by atoms with van der Waals surface area (Å²) in [5, 5.41) is 0. The smallest absolute Gasteiger partial charge is 0.156 e. The number of rotatable bonds is 6. The molecule has 0 fully saturated rings. The van der Waals surface area contributed by atoms with Crippen molar-refractivity contribution in [3.8, 4) is 0 Å². The second-order valence-corrected chi connectivity index (χ2v) is 8.96. The molecule has 0 spiro atoms. The molecule has 0 saturated carbocycles. The van der Waals surface area contributed by atoms with Gasteiger partial charge in [0.1, 0.15) is 9.71 Å². The zero-order chi connectivity index (χ0) is 19.5. The van der Waals surface area contributed by atoms with Crippen molar-refractivity contribution in [3.63, 3.8) is 0 Å². The summed E-state index contributed by atoms with van der Waals surface area (Å²) < 4.78 is 10.5. The third-order valence-electron chi connectivity index (χ3n) is 3.70. The lowest BCUT2D eigenvalue weighted by Gasteiger charge is -2.18. The number of carbonyl (C=O) groups is 1. The van der Waals surface area contributed by atoms with Crippen LogP contribution in [0.2, 0.25) is 0 Å². The summed E-state index contributed by atoms with van der Waals surface area (Å²) >= 11 is -1.25. The van der Waals surface area contributed by atoms with Crippen LogP contribution in [0.3, 0.4) is 0 Å². The molecule has 1 aromatic rings. The zero-order valence-corrected chi connectivity index (χ0v) is 18.5. The first-order chi connectivity index (χ1) is 11.6. The fraction of sp³-hybridized carbons (Fsp3) is 0.409. The van der Waals surface area contributed by atoms with E-state index in [0.717, 1.165) is 5.57 Å². The first-order valence-electron chi connectivity index (χ1n) is 8.43. The van der Waals surface area contributed by atoms with Crippen molar-refractivity contribution in [1.82, 2.24) is 0 Å². The van der Waals surface area contributed by atoms with Gasteiger partial charge in [0.15, 0.2) is 21.2 Å². The average molecular weight is 454 g/mol. The normalized spacial score (nSPS) is 13.1. The molecule has 0 amide bonds. The number of alkyl halides is 1. The second kappa shape index (κ2) is 12.1. The van der Waals surface area contributed by atoms with Crippen molar-refractivity contribution in [2.45, 2.75) is 57.3 Å². The van der Waals surface area contributed by atoms with E-state index in [-0.39, 0.29) is 15.1 Å². The van der Waals surface area contributed by atoms with Crippen LogP contribution in [0.5, 0.6) is 0 Å². The van der Waals surface area contributed by atoms with Gasteiger partial charge in [-0.25, -0.2) is 0 Å². The molecule has 0 aliphatic rings. The summed E-state index contributed by atoms with van der Waals surface area (Å²) in [6.45, 7) is 15.8. The third-order valence-corrected chi connectivity index (χ3v) is 5.63. The van der Waals surface area contributed by atoms with Gasteiger partial charge < -0.3 is 0 Å². The summed E-state index contributed by atoms with van der Waals surface area (Å²) in [5.41, 5.74) is 4.05. The minimum atomic E-state index is -1.25. The molecule has 0 aromatic heterocycles. The Morgan fingerprint density at radius 2 is 1.80 bits per heavy atom. The molecule has 0 saturated heterocycles. The molecule has 2 nitrogen and oxygen atoms in total. The van der Waals surface area contributed by atoms with Gasteiger partial charge in [0.25, 0.3) is 0 Å². The Labute approximate surface area is 163 Å². The molecule has 3 heteroatoms. The topological polar surface area (TPSA) is 34.1 Å². The number of hydrogen-bond donors (Lipinski definition) is 0. The molecule has 0 N–H and O–H groups in total. The number of carbonyl (C=O) groups excluding carboxylic acids is 1. The fourth-order valence-electron chi connectivity index (χ4n) is 1.97. The number of benzene rings is 1. The fourth-order valence-corrected chi connectivity index (χ4v) is 3.02. The number of halogens is 1. The Bertz CT molecular complexity index is 616. The predicted molar refractivity (Wildman–Crippen MR) is 117 cm³/mol. The third kappa shape index (κ3) is 10.3. The van der Waals surface area contributed by atoms with Crippen LogP contribution in [-0.4, -0.2) is 9.71 Å². The maximum atomic E-state index is 11.1. The van der Waals surface area contributed by atoms with Crippen LogP contribution in [0.15, 0.2) is 60.7 Å². The van der Waals surface area contributed by atoms with Crippen LogP contribution in [-0.2, 0) is 13.3 Å². The Morgan fingerprint density at radius 3 is 2.16 bits per heavy atom. The highest BCUT2D eigenvalue weighted by molar-refractivity contribution is 14.1. The van der Waals surface area contributed by atoms with E-state index >= 15 is 0 Å². The van der Waals surface area contributed by atoms with Crippen molar-refractivity contribution in [2.24, 2.45) is 0 Å². The molecule has 0 heterocycles. The van der Waals surface area contributed by atoms with E-state index in [1.807, 2.05) is 25.2 Å². The van der Waals surface area contributed by atoms with Gasteiger partial charge in [-0.15, -0.1) is 0 Å². The standard InChI is InChI=1S/C11H15IO2.C11H16/c1-4-6-7-10(5-2)8-11(12-14)9(3)13;1-9-5-7-10(8-6-9)11(2,3)4/h4-7,11H,1,8H2,2-3H3;5-8H,1-4H3/b7-6-,10-5+;/t11-;/m0./s1. The Morgan fingerprint density at radius 1 is 1.24 bits per heavy atom. The predicted octanol–water partition coefficient (Wildman–Crippen LogP) is 6.63. The molecule has 138 valence electrons. The summed E-state index contributed by atoms with van der Waals surface area (Å²) in [6, 6.07) is 8.74. The molecule has 1 atom stereocenters. The van der Waals surface area contributed by atoms with Gasteiger partial charge in [-0.2, -0.15) is 0 Å². The molecule has 1 aromatic carbocycles. The van der Waals surface area contributed by atoms with Gasteiger partial charge in [-0.3, -0.25) is 7.86 Å². The van der Waals surface area contributed by atoms with Crippen LogP contribution in [0.4, 0.5) is 0 Å². The largest absolute Gasteiger partial charge is 0.299 e. The van der Waals surface area contributed by atoms with E-state index in [0.29, 0.717) is 6.42 Å². The number of ketones is 1. The maximum absolute atomic E-state index is 11.1. The Balaban J connectivity index is 0.000000472. The number of hydrogen-bond acceptors (Lipinski definition) is 2. The van der Waals surface area contributed by atoms with Gasteiger partial charge in [0.2, 0.25) is 0 Å². The monoisotopic (exact) mass is 454 g/mol. The Kier molecular flexibility index (Phi) is 11.4. The maximum Gasteiger partial charge on any atom is 0.156 e. The second-order valence-electron chi connectivity index (χ2n) is 6.95. The molecule has 0 aliphatic carbocycles. The summed E-state index contributed by atoms with van der Waals surface area (Å²) in [4.78, 5) is 11.1. The van der Waals surface area contributed by atoms with E-state index in [1.165, 1.54) is 18.1 Å². The first kappa shape index (κ1) is 23.6. The van der Waals surface area contributed by atoms with Gasteiger partial charge in [-0.05, 0) is 38.2 Å². The van der Waals surface area contributed by atoms with Gasteiger partial charge >= 0.3 is 0 Å². The van der Waals surface area contributed by atoms with E-state index in [2.05, 4.69) is 58.5 Å². The van der Waals surface area contributed by atoms with Gasteiger partial charge in [0, 0.05) is 0 Å². The van der Waals surface area contributed by atoms with Crippen molar-refractivity contribution >= 4 is 27.0 Å². The van der Waals surface area contributed by atoms with E-state index < -0.39 is 21.2 Å². The highest BCUT2D eigenvalue weighted by atomic mass is 127. The highest BCUT2D eigenvalue weighted by Gasteiger charge is 2.14. The van der Waals surface area contributed by atoms with Gasteiger partial charge in [-0.1, -0.05) is 87.1 Å². The molecule has 0 radical (unpaired) electrons. The van der Waals surface area contributed by atoms with Crippen molar-refractivity contribution in [3.05, 3.63) is 71.8 Å². The van der Waals surface area contributed by atoms with Gasteiger partial charge in [0.05, 0.1) is 0 Å². The van der Waals surface area contributed by atoms with Crippen LogP contribution in [0, 0.1) is 6.92 Å². The van der Waals surface area contributed by atoms with Crippen LogP contribution >= 0.6 is 21.2 Å². The highest BCUT2D eigenvalue weighted by Crippen LogP contribution is 2.21. The lowest BCUT2D eigenvalue weighted by Crippen LogP contribution is -2.10. The first-order valence-corrected chi connectivity index (χ1v) is 10.6. The van der Waals surface area contributed by atoms with E-state index in [4.69, 9.17) is 0 Å². The van der Waals surface area contributed by atoms with Crippen molar-refractivity contribution in [2.75, 3.05) is 0 Å². The van der Waals surface area contributed by atoms with Crippen LogP contribution in [0.25, 0.3) is 0 Å². The number of Topliss-reactive ketones (excluding diaryl/α,β-unsaturated/α-hetero) is 1. The molecule has 0 aliphatic heterocycles. The zero-order valence-electron chi connectivity index (χ0n) is 16.3. The van der Waals surface area contributed by atoms with Crippen LogP contribution in [0.1, 0.15) is 52.2 Å². The molecule has 1 rings (SSSR count). The average Bonchev–Trinajstić information content (AvgIpc) is 2.55. The van der Waals surface area contributed by atoms with Crippen molar-refractivity contribution in [1.29, 1.82) is 0 Å². The van der Waals surface area contributed by atoms with E-state index in [1.54, 1.807) is 6.08 Å². The lowest BCUT2D eigenvalue weighted by atomic mass is 9.87. The quantitative estimate of drug-likeness (QED) is 0.275. The molecule has 25 heavy (non-hydrogen) atoms. The van der Waals surface area contributed by atoms with Crippen molar-refractivity contribution < 1.29 is 7.86 Å². The SMILES string of the molecule is C=C/C=C\C(=C/C)C[C@H](I=O)C(C)=O.Cc1ccc(C(C)(C)C)cc1. The van der Waals surface area contributed by atoms with E-state index in [9.17, 15) is 7.86 Å².